The molecule has 3 atom stereocenters. The molecule has 1 aromatic heterocycles. The summed E-state index contributed by atoms with van der Waals surface area (Å²) in [5.41, 5.74) is 3.29. The zero-order valence-corrected chi connectivity index (χ0v) is 18.1. The van der Waals surface area contributed by atoms with Crippen LogP contribution in [0.2, 0.25) is 0 Å². The first-order valence-corrected chi connectivity index (χ1v) is 10.6. The number of carbonyl (C=O) groups is 1. The average molecular weight is 408 g/mol. The second-order valence-electron chi connectivity index (χ2n) is 8.23. The van der Waals surface area contributed by atoms with Crippen molar-refractivity contribution < 1.29 is 9.90 Å². The summed E-state index contributed by atoms with van der Waals surface area (Å²) in [6.45, 7) is 11.5. The Morgan fingerprint density at radius 1 is 1.43 bits per heavy atom. The summed E-state index contributed by atoms with van der Waals surface area (Å²) < 4.78 is 0. The van der Waals surface area contributed by atoms with Gasteiger partial charge in [0.15, 0.2) is 0 Å². The van der Waals surface area contributed by atoms with Gasteiger partial charge in [-0.2, -0.15) is 0 Å². The van der Waals surface area contributed by atoms with E-state index in [2.05, 4.69) is 35.2 Å². The Labute approximate surface area is 179 Å². The summed E-state index contributed by atoms with van der Waals surface area (Å²) in [6.07, 6.45) is 8.48. The van der Waals surface area contributed by atoms with Crippen molar-refractivity contribution in [2.75, 3.05) is 26.7 Å². The molecule has 5 nitrogen and oxygen atoms in total. The lowest BCUT2D eigenvalue weighted by Gasteiger charge is -2.43. The van der Waals surface area contributed by atoms with E-state index in [-0.39, 0.29) is 11.9 Å². The van der Waals surface area contributed by atoms with Gasteiger partial charge in [0, 0.05) is 42.8 Å². The molecule has 2 aromatic rings. The number of fused-ring (bicyclic) bond motifs is 1. The molecule has 0 aliphatic carbocycles. The van der Waals surface area contributed by atoms with Crippen molar-refractivity contribution in [2.24, 2.45) is 5.92 Å². The average Bonchev–Trinajstić information content (AvgIpc) is 3.14. The topological polar surface area (TPSA) is 59.6 Å². The fraction of sp³-hybridized carbons (Fsp3) is 0.400. The molecule has 1 amide bonds. The minimum atomic E-state index is -0.696. The van der Waals surface area contributed by atoms with Crippen LogP contribution in [-0.4, -0.2) is 64.6 Å². The van der Waals surface area contributed by atoms with Crippen LogP contribution in [0.1, 0.15) is 18.9 Å². The number of aliphatic hydroxyl groups excluding tert-OH is 1. The second-order valence-corrected chi connectivity index (χ2v) is 8.23. The minimum absolute atomic E-state index is 0.00396. The normalized spacial score (nSPS) is 20.9. The number of likely N-dealkylation sites (tertiary alicyclic amines) is 1. The Morgan fingerprint density at radius 3 is 2.93 bits per heavy atom. The quantitative estimate of drug-likeness (QED) is 0.625. The zero-order valence-electron chi connectivity index (χ0n) is 18.1. The molecule has 0 bridgehead atoms. The standard InChI is InChI=1S/C25H33N3O2/c1-5-6-9-18(2)17-27(4)23-13-15-28(25(30)24(23)19(3)29)14-12-20-16-26-22-11-8-7-10-21(20)22/h5-11,16,19,23-24,26,29H,1-2,12-15,17H2,3-4H3/b9-6-/t19?,23-,24?/m0/s1. The number of nitrogens with zero attached hydrogens (tertiary/aromatic N) is 2. The molecule has 1 aliphatic heterocycles. The van der Waals surface area contributed by atoms with Crippen LogP contribution in [0.4, 0.5) is 0 Å². The molecule has 1 saturated heterocycles. The molecule has 2 heterocycles. The Balaban J connectivity index is 1.66. The van der Waals surface area contributed by atoms with E-state index in [1.54, 1.807) is 13.0 Å². The molecular weight excluding hydrogens is 374 g/mol. The number of benzene rings is 1. The van der Waals surface area contributed by atoms with Crippen molar-refractivity contribution in [1.29, 1.82) is 0 Å². The number of H-pyrrole nitrogens is 1. The molecule has 5 heteroatoms. The van der Waals surface area contributed by atoms with Crippen LogP contribution >= 0.6 is 0 Å². The molecule has 1 fully saturated rings. The van der Waals surface area contributed by atoms with Crippen LogP contribution in [0.25, 0.3) is 10.9 Å². The maximum absolute atomic E-state index is 13.2. The smallest absolute Gasteiger partial charge is 0.229 e. The number of aromatic amines is 1. The second kappa shape index (κ2) is 9.92. The Bertz CT molecular complexity index is 927. The molecular formula is C25H33N3O2. The number of rotatable bonds is 9. The van der Waals surface area contributed by atoms with Crippen LogP contribution < -0.4 is 0 Å². The first-order valence-electron chi connectivity index (χ1n) is 10.6. The van der Waals surface area contributed by atoms with Gasteiger partial charge in [0.1, 0.15) is 0 Å². The van der Waals surface area contributed by atoms with Gasteiger partial charge in [0.25, 0.3) is 0 Å². The lowest BCUT2D eigenvalue weighted by molar-refractivity contribution is -0.147. The van der Waals surface area contributed by atoms with Crippen LogP contribution in [0.5, 0.6) is 0 Å². The molecule has 3 rings (SSSR count). The Morgan fingerprint density at radius 2 is 2.20 bits per heavy atom. The van der Waals surface area contributed by atoms with E-state index in [9.17, 15) is 9.90 Å². The molecule has 0 saturated carbocycles. The lowest BCUT2D eigenvalue weighted by Crippen LogP contribution is -2.57. The van der Waals surface area contributed by atoms with Crippen LogP contribution in [-0.2, 0) is 11.2 Å². The maximum atomic E-state index is 13.2. The molecule has 1 aromatic carbocycles. The van der Waals surface area contributed by atoms with E-state index in [0.717, 1.165) is 23.9 Å². The summed E-state index contributed by atoms with van der Waals surface area (Å²) in [5, 5.41) is 11.6. The van der Waals surface area contributed by atoms with Crippen molar-refractivity contribution in [1.82, 2.24) is 14.8 Å². The number of hydrogen-bond acceptors (Lipinski definition) is 3. The number of allylic oxidation sites excluding steroid dienone is 2. The van der Waals surface area contributed by atoms with E-state index in [1.165, 1.54) is 10.9 Å². The molecule has 0 spiro atoms. The molecule has 1 aliphatic rings. The fourth-order valence-corrected chi connectivity index (χ4v) is 4.49. The third-order valence-electron chi connectivity index (χ3n) is 6.04. The number of piperidine rings is 1. The number of carbonyl (C=O) groups excluding carboxylic acids is 1. The number of aliphatic hydroxyl groups is 1. The maximum Gasteiger partial charge on any atom is 0.229 e. The molecule has 0 radical (unpaired) electrons. The Hall–Kier alpha value is -2.63. The first kappa shape index (κ1) is 22.1. The van der Waals surface area contributed by atoms with Gasteiger partial charge < -0.3 is 15.0 Å². The number of hydrogen-bond donors (Lipinski definition) is 2. The van der Waals surface area contributed by atoms with E-state index in [4.69, 9.17) is 0 Å². The molecule has 2 N–H and O–H groups in total. The van der Waals surface area contributed by atoms with E-state index in [0.29, 0.717) is 19.6 Å². The fourth-order valence-electron chi connectivity index (χ4n) is 4.49. The third kappa shape index (κ3) is 4.91. The zero-order chi connectivity index (χ0) is 21.7. The van der Waals surface area contributed by atoms with Crippen molar-refractivity contribution in [3.05, 3.63) is 73.0 Å². The predicted octanol–water partition coefficient (Wildman–Crippen LogP) is 3.54. The van der Waals surface area contributed by atoms with Crippen molar-refractivity contribution >= 4 is 16.8 Å². The Kier molecular flexibility index (Phi) is 7.29. The summed E-state index contributed by atoms with van der Waals surface area (Å²) >= 11 is 0. The number of amides is 1. The lowest BCUT2D eigenvalue weighted by atomic mass is 9.85. The van der Waals surface area contributed by atoms with Crippen LogP contribution in [0.15, 0.2) is 67.4 Å². The third-order valence-corrected chi connectivity index (χ3v) is 6.04. The summed E-state index contributed by atoms with van der Waals surface area (Å²) in [4.78, 5) is 20.6. The van der Waals surface area contributed by atoms with Gasteiger partial charge in [-0.15, -0.1) is 0 Å². The molecule has 30 heavy (non-hydrogen) atoms. The highest BCUT2D eigenvalue weighted by atomic mass is 16.3. The SMILES string of the molecule is C=C/C=C\C(=C)CN(C)[C@H]1CCN(CCc2c[nH]c3ccccc23)C(=O)C1C(C)O. The van der Waals surface area contributed by atoms with Gasteiger partial charge in [-0.1, -0.05) is 49.6 Å². The molecule has 160 valence electrons. The van der Waals surface area contributed by atoms with E-state index >= 15 is 0 Å². The highest BCUT2D eigenvalue weighted by molar-refractivity contribution is 5.83. The summed E-state index contributed by atoms with van der Waals surface area (Å²) in [6, 6.07) is 8.22. The number of nitrogens with one attached hydrogen (secondary N) is 1. The van der Waals surface area contributed by atoms with Crippen LogP contribution in [0, 0.1) is 5.92 Å². The number of para-hydroxylation sites is 1. The van der Waals surface area contributed by atoms with Crippen LogP contribution in [0.3, 0.4) is 0 Å². The van der Waals surface area contributed by atoms with Crippen molar-refractivity contribution in [2.45, 2.75) is 31.9 Å². The minimum Gasteiger partial charge on any atom is -0.393 e. The largest absolute Gasteiger partial charge is 0.393 e. The number of aromatic nitrogens is 1. The number of likely N-dealkylation sites (N-methyl/N-ethyl adjacent to an activating group) is 1. The van der Waals surface area contributed by atoms with Crippen molar-refractivity contribution in [3.8, 4) is 0 Å². The van der Waals surface area contributed by atoms with E-state index in [1.807, 2.05) is 42.4 Å². The molecule has 2 unspecified atom stereocenters. The van der Waals surface area contributed by atoms with Gasteiger partial charge >= 0.3 is 0 Å². The van der Waals surface area contributed by atoms with Gasteiger partial charge in [-0.25, -0.2) is 0 Å². The van der Waals surface area contributed by atoms with Gasteiger partial charge in [0.2, 0.25) is 5.91 Å². The predicted molar refractivity (Wildman–Crippen MR) is 123 cm³/mol. The highest BCUT2D eigenvalue weighted by Gasteiger charge is 2.41. The van der Waals surface area contributed by atoms with Gasteiger partial charge in [0.05, 0.1) is 12.0 Å². The summed E-state index contributed by atoms with van der Waals surface area (Å²) in [5.74, 6) is -0.386. The van der Waals surface area contributed by atoms with Crippen molar-refractivity contribution in [3.63, 3.8) is 0 Å². The van der Waals surface area contributed by atoms with E-state index < -0.39 is 12.0 Å². The monoisotopic (exact) mass is 407 g/mol. The van der Waals surface area contributed by atoms with Gasteiger partial charge in [-0.05, 0) is 44.0 Å². The summed E-state index contributed by atoms with van der Waals surface area (Å²) in [7, 11) is 2.00. The van der Waals surface area contributed by atoms with Gasteiger partial charge in [-0.3, -0.25) is 9.69 Å². The first-order chi connectivity index (χ1) is 14.4. The highest BCUT2D eigenvalue weighted by Crippen LogP contribution is 2.27.